The van der Waals surface area contributed by atoms with E-state index in [2.05, 4.69) is 10.4 Å². The van der Waals surface area contributed by atoms with Crippen LogP contribution in [-0.2, 0) is 11.0 Å². The van der Waals surface area contributed by atoms with E-state index in [4.69, 9.17) is 16.3 Å². The Balaban J connectivity index is 1.54. The van der Waals surface area contributed by atoms with Gasteiger partial charge in [-0.05, 0) is 35.4 Å². The van der Waals surface area contributed by atoms with Crippen molar-refractivity contribution in [3.63, 3.8) is 0 Å². The van der Waals surface area contributed by atoms with E-state index in [1.807, 2.05) is 30.3 Å². The van der Waals surface area contributed by atoms with Gasteiger partial charge >= 0.3 is 6.18 Å². The molecule has 1 heterocycles. The van der Waals surface area contributed by atoms with Gasteiger partial charge in [-0.25, -0.2) is 0 Å². The van der Waals surface area contributed by atoms with Crippen molar-refractivity contribution in [2.24, 2.45) is 0 Å². The number of ether oxygens (including phenoxy) is 1. The molecule has 4 aromatic rings. The Bertz CT molecular complexity index is 1320. The van der Waals surface area contributed by atoms with Crippen LogP contribution in [0.3, 0.4) is 0 Å². The molecule has 0 bridgehead atoms. The summed E-state index contributed by atoms with van der Waals surface area (Å²) in [6.45, 7) is -0.636. The summed E-state index contributed by atoms with van der Waals surface area (Å²) in [7, 11) is 0. The predicted molar refractivity (Wildman–Crippen MR) is 121 cm³/mol. The standard InChI is InChI=1S/C24H17ClF3N3O3/c25-17-8-4-5-9-19(17)31-23(13-21(30-31)24(26,27)28)34-14-22(33)29-18-12-16(10-11-20(18)32)15-6-2-1-3-7-15/h1-13,32H,14H2,(H,29,33). The molecule has 0 aliphatic carbocycles. The number of anilines is 1. The molecule has 0 unspecified atom stereocenters. The molecule has 3 aromatic carbocycles. The lowest BCUT2D eigenvalue weighted by Gasteiger charge is -2.12. The van der Waals surface area contributed by atoms with Crippen LogP contribution < -0.4 is 10.1 Å². The molecular formula is C24H17ClF3N3O3. The summed E-state index contributed by atoms with van der Waals surface area (Å²) in [5, 5.41) is 16.3. The number of rotatable bonds is 6. The third-order valence-electron chi connectivity index (χ3n) is 4.78. The van der Waals surface area contributed by atoms with Crippen molar-refractivity contribution >= 4 is 23.2 Å². The highest BCUT2D eigenvalue weighted by molar-refractivity contribution is 6.32. The van der Waals surface area contributed by atoms with Gasteiger partial charge < -0.3 is 15.2 Å². The van der Waals surface area contributed by atoms with E-state index in [0.29, 0.717) is 6.07 Å². The van der Waals surface area contributed by atoms with Gasteiger partial charge in [-0.15, -0.1) is 0 Å². The molecule has 34 heavy (non-hydrogen) atoms. The number of phenolic OH excluding ortho intramolecular Hbond substituents is 1. The van der Waals surface area contributed by atoms with Gasteiger partial charge in [0.05, 0.1) is 16.4 Å². The monoisotopic (exact) mass is 487 g/mol. The van der Waals surface area contributed by atoms with Crippen molar-refractivity contribution in [2.45, 2.75) is 6.18 Å². The normalized spacial score (nSPS) is 11.3. The second-order valence-corrected chi connectivity index (χ2v) is 7.57. The fourth-order valence-electron chi connectivity index (χ4n) is 3.17. The van der Waals surface area contributed by atoms with Gasteiger partial charge in [0, 0.05) is 6.07 Å². The first kappa shape index (κ1) is 23.2. The summed E-state index contributed by atoms with van der Waals surface area (Å²) in [4.78, 5) is 12.5. The summed E-state index contributed by atoms with van der Waals surface area (Å²) >= 11 is 6.10. The third kappa shape index (κ3) is 5.15. The lowest BCUT2D eigenvalue weighted by molar-refractivity contribution is -0.141. The number of hydrogen-bond acceptors (Lipinski definition) is 4. The van der Waals surface area contributed by atoms with Crippen LogP contribution in [0.4, 0.5) is 18.9 Å². The summed E-state index contributed by atoms with van der Waals surface area (Å²) < 4.78 is 45.9. The number of nitrogens with one attached hydrogen (secondary N) is 1. The van der Waals surface area contributed by atoms with Gasteiger partial charge in [0.15, 0.2) is 12.3 Å². The number of aromatic hydroxyl groups is 1. The Hall–Kier alpha value is -3.98. The number of aromatic nitrogens is 2. The molecule has 174 valence electrons. The van der Waals surface area contributed by atoms with E-state index in [9.17, 15) is 23.1 Å². The van der Waals surface area contributed by atoms with E-state index in [1.54, 1.807) is 24.3 Å². The Morgan fingerprint density at radius 1 is 1.00 bits per heavy atom. The molecule has 0 spiro atoms. The minimum absolute atomic E-state index is 0.130. The Morgan fingerprint density at radius 2 is 1.71 bits per heavy atom. The van der Waals surface area contributed by atoms with Crippen molar-refractivity contribution in [3.8, 4) is 28.4 Å². The van der Waals surface area contributed by atoms with E-state index in [-0.39, 0.29) is 28.0 Å². The number of para-hydroxylation sites is 1. The lowest BCUT2D eigenvalue weighted by atomic mass is 10.0. The largest absolute Gasteiger partial charge is 0.506 e. The smallest absolute Gasteiger partial charge is 0.435 e. The highest BCUT2D eigenvalue weighted by Gasteiger charge is 2.36. The fraction of sp³-hybridized carbons (Fsp3) is 0.0833. The lowest BCUT2D eigenvalue weighted by Crippen LogP contribution is -2.21. The summed E-state index contributed by atoms with van der Waals surface area (Å²) in [6.07, 6.45) is -4.73. The Morgan fingerprint density at radius 3 is 2.41 bits per heavy atom. The van der Waals surface area contributed by atoms with E-state index >= 15 is 0 Å². The zero-order chi connectivity index (χ0) is 24.3. The number of amides is 1. The topological polar surface area (TPSA) is 76.4 Å². The minimum atomic E-state index is -4.73. The van der Waals surface area contributed by atoms with Gasteiger partial charge in [0.25, 0.3) is 5.91 Å². The molecule has 0 aliphatic rings. The zero-order valence-corrected chi connectivity index (χ0v) is 18.1. The molecule has 0 saturated heterocycles. The van der Waals surface area contributed by atoms with Gasteiger partial charge in [0.1, 0.15) is 5.75 Å². The van der Waals surface area contributed by atoms with Gasteiger partial charge in [-0.1, -0.05) is 60.1 Å². The summed E-state index contributed by atoms with van der Waals surface area (Å²) in [5.74, 6) is -1.19. The van der Waals surface area contributed by atoms with E-state index in [1.165, 1.54) is 18.2 Å². The quantitative estimate of drug-likeness (QED) is 0.330. The average Bonchev–Trinajstić information content (AvgIpc) is 3.25. The zero-order valence-electron chi connectivity index (χ0n) is 17.4. The molecule has 1 aromatic heterocycles. The molecular weight excluding hydrogens is 471 g/mol. The minimum Gasteiger partial charge on any atom is -0.506 e. The number of alkyl halides is 3. The highest BCUT2D eigenvalue weighted by atomic mass is 35.5. The van der Waals surface area contributed by atoms with Crippen LogP contribution in [0.2, 0.25) is 5.02 Å². The van der Waals surface area contributed by atoms with E-state index in [0.717, 1.165) is 15.8 Å². The predicted octanol–water partition coefficient (Wildman–Crippen LogP) is 5.93. The molecule has 6 nitrogen and oxygen atoms in total. The maximum Gasteiger partial charge on any atom is 0.435 e. The maximum atomic E-state index is 13.2. The first-order chi connectivity index (χ1) is 16.2. The first-order valence-corrected chi connectivity index (χ1v) is 10.3. The van der Waals surface area contributed by atoms with Crippen LogP contribution >= 0.6 is 11.6 Å². The molecule has 0 fully saturated rings. The number of phenols is 1. The van der Waals surface area contributed by atoms with Crippen molar-refractivity contribution < 1.29 is 27.8 Å². The highest BCUT2D eigenvalue weighted by Crippen LogP contribution is 2.34. The number of carbonyl (C=O) groups excluding carboxylic acids is 1. The van der Waals surface area contributed by atoms with Crippen molar-refractivity contribution in [1.29, 1.82) is 0 Å². The molecule has 0 aliphatic heterocycles. The second kappa shape index (κ2) is 9.48. The second-order valence-electron chi connectivity index (χ2n) is 7.16. The van der Waals surface area contributed by atoms with Crippen molar-refractivity contribution in [2.75, 3.05) is 11.9 Å². The molecule has 1 amide bonds. The van der Waals surface area contributed by atoms with Crippen LogP contribution in [0.1, 0.15) is 5.69 Å². The molecule has 4 rings (SSSR count). The SMILES string of the molecule is O=C(COc1cc(C(F)(F)F)nn1-c1ccccc1Cl)Nc1cc(-c2ccccc2)ccc1O. The van der Waals surface area contributed by atoms with Crippen molar-refractivity contribution in [1.82, 2.24) is 9.78 Å². The number of carbonyl (C=O) groups is 1. The first-order valence-electron chi connectivity index (χ1n) is 9.95. The van der Waals surface area contributed by atoms with Gasteiger partial charge in [-0.2, -0.15) is 23.0 Å². The number of halogens is 4. The molecule has 10 heteroatoms. The summed E-state index contributed by atoms with van der Waals surface area (Å²) in [5.41, 5.74) is 0.712. The molecule has 2 N–H and O–H groups in total. The van der Waals surface area contributed by atoms with Crippen LogP contribution in [0.15, 0.2) is 78.9 Å². The van der Waals surface area contributed by atoms with Gasteiger partial charge in [-0.3, -0.25) is 4.79 Å². The van der Waals surface area contributed by atoms with Crippen LogP contribution in [0, 0.1) is 0 Å². The Kier molecular flexibility index (Phi) is 6.47. The third-order valence-corrected chi connectivity index (χ3v) is 5.10. The van der Waals surface area contributed by atoms with Crippen LogP contribution in [0.5, 0.6) is 11.6 Å². The molecule has 0 radical (unpaired) electrons. The van der Waals surface area contributed by atoms with Crippen molar-refractivity contribution in [3.05, 3.63) is 89.6 Å². The number of hydrogen-bond donors (Lipinski definition) is 2. The van der Waals surface area contributed by atoms with Crippen LogP contribution in [0.25, 0.3) is 16.8 Å². The summed E-state index contributed by atoms with van der Waals surface area (Å²) in [6, 6.07) is 20.9. The fourth-order valence-corrected chi connectivity index (χ4v) is 3.39. The number of nitrogens with zero attached hydrogens (tertiary/aromatic N) is 2. The van der Waals surface area contributed by atoms with Crippen LogP contribution in [-0.4, -0.2) is 27.4 Å². The molecule has 0 saturated carbocycles. The average molecular weight is 488 g/mol. The number of benzene rings is 3. The van der Waals surface area contributed by atoms with Gasteiger partial charge in [0.2, 0.25) is 5.88 Å². The Labute approximate surface area is 197 Å². The molecule has 0 atom stereocenters. The maximum absolute atomic E-state index is 13.2. The van der Waals surface area contributed by atoms with E-state index < -0.39 is 24.4 Å².